The fraction of sp³-hybridized carbons (Fsp3) is 0.300. The number of aliphatic hydroxyl groups is 2. The minimum absolute atomic E-state index is 0.165. The molecule has 6 heteroatoms. The van der Waals surface area contributed by atoms with Gasteiger partial charge in [0, 0.05) is 10.6 Å². The van der Waals surface area contributed by atoms with Crippen LogP contribution >= 0.6 is 11.6 Å². The summed E-state index contributed by atoms with van der Waals surface area (Å²) in [5, 5.41) is 27.2. The van der Waals surface area contributed by atoms with Gasteiger partial charge in [-0.15, -0.1) is 0 Å². The third-order valence-electron chi connectivity index (χ3n) is 2.15. The lowest BCUT2D eigenvalue weighted by molar-refractivity contribution is -0.153. The SMILES string of the molecule is Cc1cc(C(O)C(O)C(=O)O)c(F)cc1Cl. The Morgan fingerprint density at radius 3 is 2.50 bits per heavy atom. The fourth-order valence-electron chi connectivity index (χ4n) is 1.21. The standard InChI is InChI=1S/C10H10ClFO4/c1-4-2-5(7(12)3-6(4)11)8(13)9(14)10(15)16/h2-3,8-9,13-14H,1H3,(H,15,16). The average molecular weight is 249 g/mol. The Balaban J connectivity index is 3.13. The van der Waals surface area contributed by atoms with E-state index >= 15 is 0 Å². The molecule has 1 rings (SSSR count). The van der Waals surface area contributed by atoms with Crippen molar-refractivity contribution in [3.05, 3.63) is 34.1 Å². The predicted octanol–water partition coefficient (Wildman–Crippen LogP) is 1.27. The molecule has 0 aliphatic heterocycles. The van der Waals surface area contributed by atoms with Gasteiger partial charge >= 0.3 is 5.97 Å². The summed E-state index contributed by atoms with van der Waals surface area (Å²) < 4.78 is 13.4. The van der Waals surface area contributed by atoms with E-state index in [0.29, 0.717) is 5.56 Å². The van der Waals surface area contributed by atoms with Gasteiger partial charge in [0.1, 0.15) is 11.9 Å². The minimum atomic E-state index is -2.07. The fourth-order valence-corrected chi connectivity index (χ4v) is 1.36. The van der Waals surface area contributed by atoms with Crippen molar-refractivity contribution in [3.63, 3.8) is 0 Å². The van der Waals surface area contributed by atoms with Gasteiger partial charge in [0.2, 0.25) is 0 Å². The van der Waals surface area contributed by atoms with Gasteiger partial charge in [0.25, 0.3) is 0 Å². The summed E-state index contributed by atoms with van der Waals surface area (Å²) >= 11 is 5.63. The van der Waals surface area contributed by atoms with Crippen molar-refractivity contribution in [1.82, 2.24) is 0 Å². The summed E-state index contributed by atoms with van der Waals surface area (Å²) in [6.45, 7) is 1.57. The third kappa shape index (κ3) is 2.49. The van der Waals surface area contributed by atoms with Gasteiger partial charge < -0.3 is 15.3 Å². The first-order valence-electron chi connectivity index (χ1n) is 4.39. The highest BCUT2D eigenvalue weighted by molar-refractivity contribution is 6.31. The Bertz CT molecular complexity index is 422. The Hall–Kier alpha value is -1.17. The normalized spacial score (nSPS) is 14.6. The number of halogens is 2. The molecule has 0 spiro atoms. The molecule has 0 amide bonds. The highest BCUT2D eigenvalue weighted by Crippen LogP contribution is 2.26. The van der Waals surface area contributed by atoms with E-state index in [-0.39, 0.29) is 10.6 Å². The molecule has 0 aliphatic carbocycles. The molecule has 4 nitrogen and oxygen atoms in total. The number of carboxylic acids is 1. The molecular weight excluding hydrogens is 239 g/mol. The molecular formula is C10H10ClFO4. The van der Waals surface area contributed by atoms with Gasteiger partial charge in [-0.05, 0) is 24.6 Å². The second kappa shape index (κ2) is 4.78. The number of rotatable bonds is 3. The van der Waals surface area contributed by atoms with Crippen LogP contribution in [0, 0.1) is 12.7 Å². The van der Waals surface area contributed by atoms with Crippen molar-refractivity contribution in [2.24, 2.45) is 0 Å². The molecule has 0 fully saturated rings. The summed E-state index contributed by atoms with van der Waals surface area (Å²) in [4.78, 5) is 10.4. The summed E-state index contributed by atoms with van der Waals surface area (Å²) in [7, 11) is 0. The van der Waals surface area contributed by atoms with Gasteiger partial charge in [-0.2, -0.15) is 0 Å². The number of aliphatic carboxylic acids is 1. The van der Waals surface area contributed by atoms with E-state index in [4.69, 9.17) is 21.8 Å². The van der Waals surface area contributed by atoms with Crippen molar-refractivity contribution >= 4 is 17.6 Å². The molecule has 0 aliphatic rings. The molecule has 0 saturated carbocycles. The van der Waals surface area contributed by atoms with E-state index < -0.39 is 24.0 Å². The van der Waals surface area contributed by atoms with E-state index in [0.717, 1.165) is 6.07 Å². The molecule has 0 heterocycles. The van der Waals surface area contributed by atoms with Gasteiger partial charge in [0.15, 0.2) is 6.10 Å². The number of carboxylic acid groups (broad SMARTS) is 1. The van der Waals surface area contributed by atoms with Crippen LogP contribution < -0.4 is 0 Å². The van der Waals surface area contributed by atoms with Crippen LogP contribution in [-0.4, -0.2) is 27.4 Å². The van der Waals surface area contributed by atoms with Crippen LogP contribution in [-0.2, 0) is 4.79 Å². The topological polar surface area (TPSA) is 77.8 Å². The smallest absolute Gasteiger partial charge is 0.335 e. The van der Waals surface area contributed by atoms with Crippen molar-refractivity contribution in [3.8, 4) is 0 Å². The molecule has 88 valence electrons. The van der Waals surface area contributed by atoms with Gasteiger partial charge in [-0.25, -0.2) is 9.18 Å². The van der Waals surface area contributed by atoms with Crippen LogP contribution in [0.2, 0.25) is 5.02 Å². The quantitative estimate of drug-likeness (QED) is 0.753. The maximum absolute atomic E-state index is 13.4. The molecule has 0 bridgehead atoms. The number of hydrogen-bond donors (Lipinski definition) is 3. The molecule has 2 atom stereocenters. The monoisotopic (exact) mass is 248 g/mol. The number of aryl methyl sites for hydroxylation is 1. The zero-order chi connectivity index (χ0) is 12.5. The zero-order valence-corrected chi connectivity index (χ0v) is 9.07. The minimum Gasteiger partial charge on any atom is -0.479 e. The second-order valence-corrected chi connectivity index (χ2v) is 3.76. The Kier molecular flexibility index (Phi) is 3.85. The highest BCUT2D eigenvalue weighted by Gasteiger charge is 2.27. The second-order valence-electron chi connectivity index (χ2n) is 3.35. The van der Waals surface area contributed by atoms with Crippen molar-refractivity contribution in [1.29, 1.82) is 0 Å². The Labute approximate surface area is 95.9 Å². The maximum atomic E-state index is 13.4. The third-order valence-corrected chi connectivity index (χ3v) is 2.56. The first-order valence-corrected chi connectivity index (χ1v) is 4.77. The van der Waals surface area contributed by atoms with E-state index in [2.05, 4.69) is 0 Å². The number of benzene rings is 1. The Morgan fingerprint density at radius 1 is 1.44 bits per heavy atom. The van der Waals surface area contributed by atoms with Crippen LogP contribution in [0.15, 0.2) is 12.1 Å². The summed E-state index contributed by atoms with van der Waals surface area (Å²) in [5.41, 5.74) is 0.187. The molecule has 1 aromatic carbocycles. The first-order chi connectivity index (χ1) is 7.34. The Morgan fingerprint density at radius 2 is 2.00 bits per heavy atom. The van der Waals surface area contributed by atoms with Gasteiger partial charge in [0.05, 0.1) is 0 Å². The summed E-state index contributed by atoms with van der Waals surface area (Å²) in [6.07, 6.45) is -3.90. The highest BCUT2D eigenvalue weighted by atomic mass is 35.5. The van der Waals surface area contributed by atoms with E-state index in [1.54, 1.807) is 6.92 Å². The first kappa shape index (κ1) is 12.9. The van der Waals surface area contributed by atoms with E-state index in [1.807, 2.05) is 0 Å². The zero-order valence-electron chi connectivity index (χ0n) is 8.32. The van der Waals surface area contributed by atoms with Crippen LogP contribution in [0.4, 0.5) is 4.39 Å². The number of hydrogen-bond acceptors (Lipinski definition) is 3. The molecule has 16 heavy (non-hydrogen) atoms. The largest absolute Gasteiger partial charge is 0.479 e. The van der Waals surface area contributed by atoms with E-state index in [9.17, 15) is 14.3 Å². The van der Waals surface area contributed by atoms with Crippen LogP contribution in [0.5, 0.6) is 0 Å². The van der Waals surface area contributed by atoms with E-state index in [1.165, 1.54) is 6.07 Å². The molecule has 0 radical (unpaired) electrons. The van der Waals surface area contributed by atoms with Gasteiger partial charge in [-0.3, -0.25) is 0 Å². The van der Waals surface area contributed by atoms with Crippen molar-refractivity contribution in [2.45, 2.75) is 19.1 Å². The molecule has 3 N–H and O–H groups in total. The maximum Gasteiger partial charge on any atom is 0.335 e. The predicted molar refractivity (Wildman–Crippen MR) is 54.7 cm³/mol. The molecule has 0 aromatic heterocycles. The van der Waals surface area contributed by atoms with Crippen LogP contribution in [0.1, 0.15) is 17.2 Å². The lowest BCUT2D eigenvalue weighted by Crippen LogP contribution is -2.28. The summed E-state index contributed by atoms with van der Waals surface area (Å²) in [5.74, 6) is -2.48. The molecule has 0 saturated heterocycles. The van der Waals surface area contributed by atoms with Crippen molar-refractivity contribution < 1.29 is 24.5 Å². The summed E-state index contributed by atoms with van der Waals surface area (Å²) in [6, 6.07) is 2.17. The average Bonchev–Trinajstić information content (AvgIpc) is 2.21. The lowest BCUT2D eigenvalue weighted by Gasteiger charge is -2.16. The van der Waals surface area contributed by atoms with Crippen LogP contribution in [0.25, 0.3) is 0 Å². The van der Waals surface area contributed by atoms with Crippen LogP contribution in [0.3, 0.4) is 0 Å². The molecule has 2 unspecified atom stereocenters. The number of carbonyl (C=O) groups is 1. The van der Waals surface area contributed by atoms with Crippen molar-refractivity contribution in [2.75, 3.05) is 0 Å². The molecule has 1 aromatic rings. The number of aliphatic hydroxyl groups excluding tert-OH is 2. The van der Waals surface area contributed by atoms with Gasteiger partial charge in [-0.1, -0.05) is 11.6 Å². The lowest BCUT2D eigenvalue weighted by atomic mass is 10.0.